The van der Waals surface area contributed by atoms with Crippen molar-refractivity contribution in [1.29, 1.82) is 0 Å². The van der Waals surface area contributed by atoms with Gasteiger partial charge in [0, 0.05) is 5.56 Å². The molecule has 5 nitrogen and oxygen atoms in total. The van der Waals surface area contributed by atoms with Gasteiger partial charge in [-0.1, -0.05) is 12.1 Å². The third-order valence-corrected chi connectivity index (χ3v) is 3.27. The average Bonchev–Trinajstić information content (AvgIpc) is 2.55. The molecule has 0 saturated carbocycles. The van der Waals surface area contributed by atoms with Crippen LogP contribution in [0.4, 0.5) is 8.78 Å². The van der Waals surface area contributed by atoms with E-state index in [0.717, 1.165) is 12.1 Å². The summed E-state index contributed by atoms with van der Waals surface area (Å²) in [5.41, 5.74) is 5.72. The first kappa shape index (κ1) is 17.4. The second-order valence-corrected chi connectivity index (χ2v) is 5.15. The van der Waals surface area contributed by atoms with Crippen molar-refractivity contribution < 1.29 is 23.1 Å². The minimum atomic E-state index is -0.976. The molecule has 126 valence electrons. The number of benzene rings is 2. The number of ether oxygens (including phenoxy) is 1. The maximum absolute atomic E-state index is 13.3. The van der Waals surface area contributed by atoms with Crippen LogP contribution in [-0.4, -0.2) is 18.4 Å². The van der Waals surface area contributed by atoms with Gasteiger partial charge in [-0.2, -0.15) is 0 Å². The molecular formula is C17H16F2N2O3. The summed E-state index contributed by atoms with van der Waals surface area (Å²) in [6, 6.07) is 9.10. The van der Waals surface area contributed by atoms with E-state index in [1.165, 1.54) is 12.1 Å². The lowest BCUT2D eigenvalue weighted by atomic mass is 10.1. The van der Waals surface area contributed by atoms with E-state index in [2.05, 4.69) is 5.32 Å². The van der Waals surface area contributed by atoms with Crippen molar-refractivity contribution in [1.82, 2.24) is 5.32 Å². The lowest BCUT2D eigenvalue weighted by molar-refractivity contribution is -0.119. The first-order chi connectivity index (χ1) is 11.4. The summed E-state index contributed by atoms with van der Waals surface area (Å²) < 4.78 is 31.3. The number of nitrogens with two attached hydrogens (primary N) is 1. The fraction of sp³-hybridized carbons (Fsp3) is 0.176. The summed E-state index contributed by atoms with van der Waals surface area (Å²) in [7, 11) is 0. The molecule has 0 aliphatic rings. The number of amides is 2. The molecule has 2 amide bonds. The number of nitrogens with one attached hydrogen (secondary N) is 1. The number of carbonyl (C=O) groups is 2. The Bertz CT molecular complexity index is 765. The number of hydrogen-bond acceptors (Lipinski definition) is 3. The lowest BCUT2D eigenvalue weighted by Crippen LogP contribution is -2.26. The Hall–Kier alpha value is -2.96. The smallest absolute Gasteiger partial charge is 0.255 e. The molecule has 24 heavy (non-hydrogen) atoms. The zero-order chi connectivity index (χ0) is 17.7. The van der Waals surface area contributed by atoms with E-state index in [-0.39, 0.29) is 6.61 Å². The summed E-state index contributed by atoms with van der Waals surface area (Å²) in [5, 5.41) is 2.68. The van der Waals surface area contributed by atoms with Crippen molar-refractivity contribution in [2.45, 2.75) is 13.0 Å². The summed E-state index contributed by atoms with van der Waals surface area (Å²) in [6.45, 7) is 1.36. The van der Waals surface area contributed by atoms with E-state index in [4.69, 9.17) is 10.5 Å². The lowest BCUT2D eigenvalue weighted by Gasteiger charge is -2.15. The molecule has 0 heterocycles. The molecule has 2 aromatic rings. The quantitative estimate of drug-likeness (QED) is 0.851. The molecule has 0 bridgehead atoms. The highest BCUT2D eigenvalue weighted by atomic mass is 19.2. The van der Waals surface area contributed by atoms with Gasteiger partial charge in [-0.05, 0) is 42.8 Å². The van der Waals surface area contributed by atoms with Gasteiger partial charge in [0.05, 0.1) is 6.04 Å². The van der Waals surface area contributed by atoms with Crippen molar-refractivity contribution in [3.8, 4) is 5.75 Å². The number of rotatable bonds is 6. The Morgan fingerprint density at radius 1 is 1.17 bits per heavy atom. The van der Waals surface area contributed by atoms with Crippen LogP contribution in [-0.2, 0) is 4.79 Å². The molecule has 0 fully saturated rings. The first-order valence-electron chi connectivity index (χ1n) is 7.14. The van der Waals surface area contributed by atoms with Gasteiger partial charge in [-0.25, -0.2) is 8.78 Å². The van der Waals surface area contributed by atoms with Gasteiger partial charge >= 0.3 is 0 Å². The van der Waals surface area contributed by atoms with Crippen LogP contribution in [0.5, 0.6) is 5.75 Å². The molecule has 2 rings (SSSR count). The normalized spacial score (nSPS) is 11.6. The molecule has 0 aromatic heterocycles. The topological polar surface area (TPSA) is 81.4 Å². The molecule has 0 aliphatic carbocycles. The van der Waals surface area contributed by atoms with E-state index < -0.39 is 29.5 Å². The highest BCUT2D eigenvalue weighted by Crippen LogP contribution is 2.18. The second-order valence-electron chi connectivity index (χ2n) is 5.15. The Balaban J connectivity index is 2.07. The number of hydrogen-bond donors (Lipinski definition) is 2. The van der Waals surface area contributed by atoms with Gasteiger partial charge in [-0.3, -0.25) is 9.59 Å². The van der Waals surface area contributed by atoms with Crippen LogP contribution in [0.3, 0.4) is 0 Å². The SMILES string of the molecule is CC(NC(=O)c1cccc(OCC(N)=O)c1)c1ccc(F)c(F)c1. The van der Waals surface area contributed by atoms with Crippen LogP contribution in [0.2, 0.25) is 0 Å². The standard InChI is InChI=1S/C17H16F2N2O3/c1-10(11-5-6-14(18)15(19)8-11)21-17(23)12-3-2-4-13(7-12)24-9-16(20)22/h2-8,10H,9H2,1H3,(H2,20,22)(H,21,23). The van der Waals surface area contributed by atoms with Crippen LogP contribution >= 0.6 is 0 Å². The molecule has 7 heteroatoms. The Labute approximate surface area is 137 Å². The molecule has 1 atom stereocenters. The van der Waals surface area contributed by atoms with Gasteiger partial charge in [0.15, 0.2) is 18.2 Å². The molecule has 1 unspecified atom stereocenters. The van der Waals surface area contributed by atoms with Crippen LogP contribution in [0.1, 0.15) is 28.9 Å². The summed E-state index contributed by atoms with van der Waals surface area (Å²) in [5.74, 6) is -2.65. The van der Waals surface area contributed by atoms with E-state index in [1.807, 2.05) is 0 Å². The zero-order valence-electron chi connectivity index (χ0n) is 12.9. The van der Waals surface area contributed by atoms with Crippen molar-refractivity contribution in [2.24, 2.45) is 5.73 Å². The van der Waals surface area contributed by atoms with Gasteiger partial charge in [0.2, 0.25) is 0 Å². The maximum Gasteiger partial charge on any atom is 0.255 e. The van der Waals surface area contributed by atoms with E-state index >= 15 is 0 Å². The predicted molar refractivity (Wildman–Crippen MR) is 83.4 cm³/mol. The number of carbonyl (C=O) groups excluding carboxylic acids is 2. The van der Waals surface area contributed by atoms with Crippen LogP contribution < -0.4 is 15.8 Å². The molecule has 2 aromatic carbocycles. The highest BCUT2D eigenvalue weighted by molar-refractivity contribution is 5.94. The third kappa shape index (κ3) is 4.52. The van der Waals surface area contributed by atoms with E-state index in [1.54, 1.807) is 25.1 Å². The summed E-state index contributed by atoms with van der Waals surface area (Å²) in [6.07, 6.45) is 0. The van der Waals surface area contributed by atoms with Gasteiger partial charge in [0.25, 0.3) is 11.8 Å². The fourth-order valence-corrected chi connectivity index (χ4v) is 2.03. The minimum absolute atomic E-state index is 0.295. The van der Waals surface area contributed by atoms with Crippen molar-refractivity contribution >= 4 is 11.8 Å². The van der Waals surface area contributed by atoms with E-state index in [0.29, 0.717) is 16.9 Å². The first-order valence-corrected chi connectivity index (χ1v) is 7.14. The fourth-order valence-electron chi connectivity index (χ4n) is 2.03. The zero-order valence-corrected chi connectivity index (χ0v) is 12.9. The number of primary amides is 1. The largest absolute Gasteiger partial charge is 0.484 e. The molecule has 3 N–H and O–H groups in total. The molecule has 0 saturated heterocycles. The summed E-state index contributed by atoms with van der Waals surface area (Å²) >= 11 is 0. The molecule has 0 aliphatic heterocycles. The molecule has 0 spiro atoms. The van der Waals surface area contributed by atoms with Crippen LogP contribution in [0, 0.1) is 11.6 Å². The van der Waals surface area contributed by atoms with Gasteiger partial charge in [0.1, 0.15) is 5.75 Å². The predicted octanol–water partition coefficient (Wildman–Crippen LogP) is 2.32. The summed E-state index contributed by atoms with van der Waals surface area (Å²) in [4.78, 5) is 23.0. The molecule has 0 radical (unpaired) electrons. The maximum atomic E-state index is 13.3. The van der Waals surface area contributed by atoms with Crippen LogP contribution in [0.15, 0.2) is 42.5 Å². The Kier molecular flexibility index (Phi) is 5.47. The van der Waals surface area contributed by atoms with Gasteiger partial charge < -0.3 is 15.8 Å². The van der Waals surface area contributed by atoms with Crippen molar-refractivity contribution in [2.75, 3.05) is 6.61 Å². The third-order valence-electron chi connectivity index (χ3n) is 3.27. The van der Waals surface area contributed by atoms with Crippen LogP contribution in [0.25, 0.3) is 0 Å². The minimum Gasteiger partial charge on any atom is -0.484 e. The van der Waals surface area contributed by atoms with Gasteiger partial charge in [-0.15, -0.1) is 0 Å². The second kappa shape index (κ2) is 7.54. The Morgan fingerprint density at radius 3 is 2.58 bits per heavy atom. The monoisotopic (exact) mass is 334 g/mol. The number of halogens is 2. The molecular weight excluding hydrogens is 318 g/mol. The van der Waals surface area contributed by atoms with Crippen molar-refractivity contribution in [3.05, 3.63) is 65.2 Å². The van der Waals surface area contributed by atoms with Crippen molar-refractivity contribution in [3.63, 3.8) is 0 Å². The average molecular weight is 334 g/mol. The van der Waals surface area contributed by atoms with E-state index in [9.17, 15) is 18.4 Å². The Morgan fingerprint density at radius 2 is 1.92 bits per heavy atom. The highest BCUT2D eigenvalue weighted by Gasteiger charge is 2.14.